The van der Waals surface area contributed by atoms with Gasteiger partial charge in [0.25, 0.3) is 0 Å². The standard InChI is InChI=1S/C8H9NO2S.CHF3O3S/c1-12-8(10)11-7-5-3-2-4-6(7)9;2-1(3,4)8(5,6)7/h2-5H,9H2,1H3;(H,5,6,7). The first-order valence-electron chi connectivity index (χ1n) is 4.63. The van der Waals surface area contributed by atoms with Crippen molar-refractivity contribution < 1.29 is 35.7 Å². The van der Waals surface area contributed by atoms with Crippen LogP contribution in [-0.2, 0) is 10.1 Å². The van der Waals surface area contributed by atoms with Crippen molar-refractivity contribution in [1.29, 1.82) is 0 Å². The molecule has 0 fully saturated rings. The molecule has 3 N–H and O–H groups in total. The summed E-state index contributed by atoms with van der Waals surface area (Å²) < 4.78 is 62.4. The monoisotopic (exact) mass is 333 g/mol. The molecule has 1 aromatic carbocycles. The number of para-hydroxylation sites is 2. The van der Waals surface area contributed by atoms with E-state index in [1.54, 1.807) is 30.5 Å². The smallest absolute Gasteiger partial charge is 0.416 e. The summed E-state index contributed by atoms with van der Waals surface area (Å²) in [6, 6.07) is 6.89. The van der Waals surface area contributed by atoms with E-state index in [4.69, 9.17) is 23.4 Å². The van der Waals surface area contributed by atoms with Crippen LogP contribution < -0.4 is 10.5 Å². The highest BCUT2D eigenvalue weighted by Gasteiger charge is 2.44. The summed E-state index contributed by atoms with van der Waals surface area (Å²) in [5.41, 5.74) is 0.474. The Bertz CT molecular complexity index is 559. The molecule has 0 saturated carbocycles. The van der Waals surface area contributed by atoms with Crippen LogP contribution >= 0.6 is 11.8 Å². The number of nitrogen functional groups attached to an aromatic ring is 1. The van der Waals surface area contributed by atoms with Crippen LogP contribution in [0.15, 0.2) is 24.3 Å². The molecule has 0 heterocycles. The van der Waals surface area contributed by atoms with E-state index in [-0.39, 0.29) is 5.30 Å². The summed E-state index contributed by atoms with van der Waals surface area (Å²) in [4.78, 5) is 10.8. The lowest BCUT2D eigenvalue weighted by molar-refractivity contribution is -0.0510. The molecule has 0 aromatic heterocycles. The molecule has 6 nitrogen and oxygen atoms in total. The predicted octanol–water partition coefficient (Wildman–Crippen LogP) is 2.52. The molecule has 0 aliphatic rings. The number of thioether (sulfide) groups is 1. The Kier molecular flexibility index (Phi) is 6.82. The van der Waals surface area contributed by atoms with Gasteiger partial charge >= 0.3 is 20.9 Å². The molecule has 0 bridgehead atoms. The zero-order valence-corrected chi connectivity index (χ0v) is 11.6. The molecule has 114 valence electrons. The Morgan fingerprint density at radius 3 is 2.15 bits per heavy atom. The Morgan fingerprint density at radius 1 is 1.35 bits per heavy atom. The van der Waals surface area contributed by atoms with Gasteiger partial charge in [-0.15, -0.1) is 0 Å². The van der Waals surface area contributed by atoms with E-state index in [1.165, 1.54) is 0 Å². The van der Waals surface area contributed by atoms with Crippen molar-refractivity contribution in [3.63, 3.8) is 0 Å². The van der Waals surface area contributed by atoms with Crippen LogP contribution in [0.1, 0.15) is 0 Å². The lowest BCUT2D eigenvalue weighted by Gasteiger charge is -2.03. The molecule has 0 unspecified atom stereocenters. The van der Waals surface area contributed by atoms with Crippen LogP contribution in [0.2, 0.25) is 0 Å². The number of hydrogen-bond acceptors (Lipinski definition) is 6. The maximum atomic E-state index is 10.8. The number of anilines is 1. The van der Waals surface area contributed by atoms with Gasteiger partial charge in [-0.3, -0.25) is 4.55 Å². The second-order valence-electron chi connectivity index (χ2n) is 3.01. The molecular formula is C9H10F3NO5S2. The number of benzene rings is 1. The topological polar surface area (TPSA) is 107 Å². The fourth-order valence-electron chi connectivity index (χ4n) is 0.705. The second kappa shape index (κ2) is 7.36. The van der Waals surface area contributed by atoms with Crippen LogP contribution in [0.3, 0.4) is 0 Å². The number of rotatable bonds is 1. The zero-order valence-electron chi connectivity index (χ0n) is 9.92. The number of carbonyl (C=O) groups is 1. The first-order chi connectivity index (χ1) is 8.99. The van der Waals surface area contributed by atoms with Gasteiger partial charge in [-0.25, -0.2) is 4.79 Å². The van der Waals surface area contributed by atoms with E-state index in [0.717, 1.165) is 11.8 Å². The first kappa shape index (κ1) is 18.5. The number of hydrogen-bond donors (Lipinski definition) is 2. The Morgan fingerprint density at radius 2 is 1.80 bits per heavy atom. The largest absolute Gasteiger partial charge is 0.522 e. The van der Waals surface area contributed by atoms with Crippen molar-refractivity contribution in [1.82, 2.24) is 0 Å². The summed E-state index contributed by atoms with van der Waals surface area (Å²) in [6.07, 6.45) is 1.65. The second-order valence-corrected chi connectivity index (χ2v) is 5.17. The quantitative estimate of drug-likeness (QED) is 0.352. The fourth-order valence-corrected chi connectivity index (χ4v) is 0.878. The average molecular weight is 333 g/mol. The van der Waals surface area contributed by atoms with Crippen molar-refractivity contribution >= 4 is 32.9 Å². The van der Waals surface area contributed by atoms with Gasteiger partial charge in [0, 0.05) is 0 Å². The summed E-state index contributed by atoms with van der Waals surface area (Å²) >= 11 is 1.01. The van der Waals surface area contributed by atoms with Crippen LogP contribution in [0.5, 0.6) is 5.75 Å². The third-order valence-electron chi connectivity index (χ3n) is 1.57. The van der Waals surface area contributed by atoms with E-state index >= 15 is 0 Å². The van der Waals surface area contributed by atoms with Gasteiger partial charge in [0.1, 0.15) is 0 Å². The van der Waals surface area contributed by atoms with Crippen molar-refractivity contribution in [2.24, 2.45) is 0 Å². The third kappa shape index (κ3) is 6.63. The number of ether oxygens (including phenoxy) is 1. The van der Waals surface area contributed by atoms with E-state index < -0.39 is 15.6 Å². The average Bonchev–Trinajstić information content (AvgIpc) is 2.30. The summed E-state index contributed by atoms with van der Waals surface area (Å²) in [7, 11) is -5.84. The minimum absolute atomic E-state index is 0.354. The predicted molar refractivity (Wildman–Crippen MR) is 68.0 cm³/mol. The highest BCUT2D eigenvalue weighted by Crippen LogP contribution is 2.21. The van der Waals surface area contributed by atoms with Gasteiger partial charge in [0.2, 0.25) is 0 Å². The molecule has 0 amide bonds. The highest BCUT2D eigenvalue weighted by atomic mass is 32.2. The van der Waals surface area contributed by atoms with E-state index in [1.807, 2.05) is 0 Å². The maximum Gasteiger partial charge on any atom is 0.522 e. The molecule has 1 aromatic rings. The molecule has 0 saturated heterocycles. The van der Waals surface area contributed by atoms with Crippen LogP contribution in [0.4, 0.5) is 23.7 Å². The van der Waals surface area contributed by atoms with Crippen molar-refractivity contribution in [3.8, 4) is 5.75 Å². The lowest BCUT2D eigenvalue weighted by atomic mass is 10.3. The molecular weight excluding hydrogens is 323 g/mol. The number of carbonyl (C=O) groups excluding carboxylic acids is 1. The maximum absolute atomic E-state index is 10.8. The minimum Gasteiger partial charge on any atom is -0.416 e. The highest BCUT2D eigenvalue weighted by molar-refractivity contribution is 8.12. The Hall–Kier alpha value is -1.46. The van der Waals surface area contributed by atoms with Crippen LogP contribution in [0.25, 0.3) is 0 Å². The van der Waals surface area contributed by atoms with Gasteiger partial charge in [0.05, 0.1) is 5.69 Å². The number of alkyl halides is 3. The SMILES string of the molecule is CSC(=O)Oc1ccccc1N.O=S(=O)(O)C(F)(F)F. The minimum atomic E-state index is -5.84. The fraction of sp³-hybridized carbons (Fsp3) is 0.222. The summed E-state index contributed by atoms with van der Waals surface area (Å²) in [6.45, 7) is 0. The molecule has 11 heteroatoms. The van der Waals surface area contributed by atoms with Crippen LogP contribution in [0, 0.1) is 0 Å². The lowest BCUT2D eigenvalue weighted by Crippen LogP contribution is -2.21. The molecule has 0 aliphatic heterocycles. The first-order valence-corrected chi connectivity index (χ1v) is 7.29. The van der Waals surface area contributed by atoms with Gasteiger partial charge in [-0.05, 0) is 30.2 Å². The van der Waals surface area contributed by atoms with Crippen molar-refractivity contribution in [2.45, 2.75) is 5.51 Å². The van der Waals surface area contributed by atoms with E-state index in [9.17, 15) is 18.0 Å². The molecule has 0 radical (unpaired) electrons. The molecule has 0 spiro atoms. The summed E-state index contributed by atoms with van der Waals surface area (Å²) in [5, 5.41) is -0.354. The number of halogens is 3. The van der Waals surface area contributed by atoms with Gasteiger partial charge in [-0.1, -0.05) is 12.1 Å². The van der Waals surface area contributed by atoms with Gasteiger partial charge in [0.15, 0.2) is 5.75 Å². The van der Waals surface area contributed by atoms with Gasteiger partial charge < -0.3 is 10.5 Å². The normalized spacial score (nSPS) is 11.2. The van der Waals surface area contributed by atoms with Gasteiger partial charge in [-0.2, -0.15) is 21.6 Å². The van der Waals surface area contributed by atoms with E-state index in [0.29, 0.717) is 11.4 Å². The molecule has 1 rings (SSSR count). The Balaban J connectivity index is 0.000000396. The molecule has 20 heavy (non-hydrogen) atoms. The van der Waals surface area contributed by atoms with Crippen molar-refractivity contribution in [3.05, 3.63) is 24.3 Å². The van der Waals surface area contributed by atoms with Crippen molar-refractivity contribution in [2.75, 3.05) is 12.0 Å². The van der Waals surface area contributed by atoms with E-state index in [2.05, 4.69) is 0 Å². The number of nitrogens with two attached hydrogens (primary N) is 1. The summed E-state index contributed by atoms with van der Waals surface area (Å²) in [5.74, 6) is 0.414. The Labute approximate surface area is 116 Å². The third-order valence-corrected chi connectivity index (χ3v) is 2.57. The molecule has 0 aliphatic carbocycles. The van der Waals surface area contributed by atoms with Crippen LogP contribution in [-0.4, -0.2) is 30.0 Å². The zero-order chi connectivity index (χ0) is 16.0. The molecule has 0 atom stereocenters.